The van der Waals surface area contributed by atoms with Gasteiger partial charge in [-0.05, 0) is 24.8 Å². The Kier molecular flexibility index (Phi) is 11.0. The van der Waals surface area contributed by atoms with E-state index in [2.05, 4.69) is 39.9 Å². The van der Waals surface area contributed by atoms with Crippen molar-refractivity contribution in [2.75, 3.05) is 6.54 Å². The van der Waals surface area contributed by atoms with Crippen LogP contribution < -0.4 is 5.32 Å². The molecule has 0 radical (unpaired) electrons. The predicted molar refractivity (Wildman–Crippen MR) is 79.5 cm³/mol. The average molecular weight is 241 g/mol. The molecule has 0 rings (SSSR count). The Bertz CT molecular complexity index is 154. The van der Waals surface area contributed by atoms with Crippen LogP contribution in [0.4, 0.5) is 0 Å². The monoisotopic (exact) mass is 241 g/mol. The summed E-state index contributed by atoms with van der Waals surface area (Å²) in [6.45, 7) is 12.6. The largest absolute Gasteiger partial charge is 0.314 e. The summed E-state index contributed by atoms with van der Waals surface area (Å²) >= 11 is 0. The fourth-order valence-corrected chi connectivity index (χ4v) is 2.61. The van der Waals surface area contributed by atoms with Crippen molar-refractivity contribution in [2.24, 2.45) is 11.8 Å². The first kappa shape index (κ1) is 17.0. The quantitative estimate of drug-likeness (QED) is 0.536. The van der Waals surface area contributed by atoms with Crippen LogP contribution in [0.1, 0.15) is 79.6 Å². The van der Waals surface area contributed by atoms with Crippen molar-refractivity contribution < 1.29 is 0 Å². The zero-order valence-corrected chi connectivity index (χ0v) is 12.9. The fraction of sp³-hybridized carbons (Fsp3) is 1.00. The highest BCUT2D eigenvalue weighted by Gasteiger charge is 2.12. The van der Waals surface area contributed by atoms with Gasteiger partial charge in [0.25, 0.3) is 0 Å². The van der Waals surface area contributed by atoms with Crippen LogP contribution in [0, 0.1) is 11.8 Å². The number of nitrogens with one attached hydrogen (secondary N) is 1. The Morgan fingerprint density at radius 3 is 2.00 bits per heavy atom. The summed E-state index contributed by atoms with van der Waals surface area (Å²) < 4.78 is 0. The van der Waals surface area contributed by atoms with E-state index in [9.17, 15) is 0 Å². The van der Waals surface area contributed by atoms with E-state index in [0.29, 0.717) is 0 Å². The molecule has 0 spiro atoms. The van der Waals surface area contributed by atoms with Crippen LogP contribution in [0.2, 0.25) is 0 Å². The number of rotatable bonds is 11. The molecule has 1 heteroatoms. The van der Waals surface area contributed by atoms with Gasteiger partial charge in [-0.15, -0.1) is 0 Å². The van der Waals surface area contributed by atoms with Gasteiger partial charge in [-0.1, -0.05) is 73.1 Å². The summed E-state index contributed by atoms with van der Waals surface area (Å²) in [6, 6.07) is 0.726. The van der Waals surface area contributed by atoms with Gasteiger partial charge in [0.05, 0.1) is 0 Å². The minimum absolute atomic E-state index is 0.726. The molecule has 2 atom stereocenters. The molecule has 2 unspecified atom stereocenters. The lowest BCUT2D eigenvalue weighted by Crippen LogP contribution is -2.33. The van der Waals surface area contributed by atoms with Crippen LogP contribution in [0.25, 0.3) is 0 Å². The van der Waals surface area contributed by atoms with Gasteiger partial charge in [0, 0.05) is 6.04 Å². The lowest BCUT2D eigenvalue weighted by molar-refractivity contribution is 0.342. The standard InChI is InChI=1S/C16H35N/c1-6-9-11-15(7-2)12-10-13-16(14(4)5)17-8-3/h14-17H,6-13H2,1-5H3. The Balaban J connectivity index is 3.76. The highest BCUT2D eigenvalue weighted by atomic mass is 14.9. The molecule has 104 valence electrons. The molecule has 0 bridgehead atoms. The molecular weight excluding hydrogens is 206 g/mol. The molecule has 0 aromatic carbocycles. The van der Waals surface area contributed by atoms with E-state index in [1.807, 2.05) is 0 Å². The molecule has 0 heterocycles. The summed E-state index contributed by atoms with van der Waals surface area (Å²) in [5, 5.41) is 3.62. The third kappa shape index (κ3) is 8.65. The van der Waals surface area contributed by atoms with Crippen LogP contribution in [-0.4, -0.2) is 12.6 Å². The van der Waals surface area contributed by atoms with E-state index in [4.69, 9.17) is 0 Å². The number of hydrogen-bond acceptors (Lipinski definition) is 1. The van der Waals surface area contributed by atoms with Gasteiger partial charge in [0.2, 0.25) is 0 Å². The number of unbranched alkanes of at least 4 members (excludes halogenated alkanes) is 1. The van der Waals surface area contributed by atoms with Crippen molar-refractivity contribution in [3.05, 3.63) is 0 Å². The van der Waals surface area contributed by atoms with Crippen molar-refractivity contribution in [3.63, 3.8) is 0 Å². The first-order valence-corrected chi connectivity index (χ1v) is 7.88. The molecule has 17 heavy (non-hydrogen) atoms. The minimum Gasteiger partial charge on any atom is -0.314 e. The Hall–Kier alpha value is -0.0400. The van der Waals surface area contributed by atoms with Gasteiger partial charge in [-0.3, -0.25) is 0 Å². The van der Waals surface area contributed by atoms with Crippen LogP contribution in [-0.2, 0) is 0 Å². The molecule has 1 nitrogen and oxygen atoms in total. The highest BCUT2D eigenvalue weighted by molar-refractivity contribution is 4.70. The summed E-state index contributed by atoms with van der Waals surface area (Å²) in [5.74, 6) is 1.75. The normalized spacial score (nSPS) is 15.2. The lowest BCUT2D eigenvalue weighted by atomic mass is 9.90. The molecule has 0 aromatic heterocycles. The summed E-state index contributed by atoms with van der Waals surface area (Å²) in [7, 11) is 0. The zero-order chi connectivity index (χ0) is 13.1. The van der Waals surface area contributed by atoms with E-state index >= 15 is 0 Å². The third-order valence-corrected chi connectivity index (χ3v) is 3.94. The van der Waals surface area contributed by atoms with E-state index < -0.39 is 0 Å². The maximum absolute atomic E-state index is 3.62. The second kappa shape index (κ2) is 11.1. The Labute approximate surface area is 110 Å². The molecule has 0 aliphatic carbocycles. The molecule has 0 saturated carbocycles. The van der Waals surface area contributed by atoms with Gasteiger partial charge in [0.1, 0.15) is 0 Å². The molecule has 0 fully saturated rings. The SMILES string of the molecule is CCCCC(CC)CCCC(NCC)C(C)C. The van der Waals surface area contributed by atoms with Crippen molar-refractivity contribution >= 4 is 0 Å². The first-order chi connectivity index (χ1) is 8.15. The van der Waals surface area contributed by atoms with Gasteiger partial charge in [-0.2, -0.15) is 0 Å². The van der Waals surface area contributed by atoms with E-state index in [1.54, 1.807) is 0 Å². The van der Waals surface area contributed by atoms with E-state index in [-0.39, 0.29) is 0 Å². The zero-order valence-electron chi connectivity index (χ0n) is 12.9. The smallest absolute Gasteiger partial charge is 0.00899 e. The highest BCUT2D eigenvalue weighted by Crippen LogP contribution is 2.21. The summed E-state index contributed by atoms with van der Waals surface area (Å²) in [5.41, 5.74) is 0. The van der Waals surface area contributed by atoms with Crippen molar-refractivity contribution in [2.45, 2.75) is 85.6 Å². The van der Waals surface area contributed by atoms with Crippen LogP contribution >= 0.6 is 0 Å². The maximum Gasteiger partial charge on any atom is 0.00899 e. The van der Waals surface area contributed by atoms with Crippen molar-refractivity contribution in [1.82, 2.24) is 5.32 Å². The average Bonchev–Trinajstić information content (AvgIpc) is 2.31. The van der Waals surface area contributed by atoms with Gasteiger partial charge < -0.3 is 5.32 Å². The van der Waals surface area contributed by atoms with Crippen LogP contribution in [0.3, 0.4) is 0 Å². The molecular formula is C16H35N. The van der Waals surface area contributed by atoms with Crippen molar-refractivity contribution in [1.29, 1.82) is 0 Å². The summed E-state index contributed by atoms with van der Waals surface area (Å²) in [4.78, 5) is 0. The molecule has 1 N–H and O–H groups in total. The van der Waals surface area contributed by atoms with Gasteiger partial charge in [-0.25, -0.2) is 0 Å². The second-order valence-electron chi connectivity index (χ2n) is 5.76. The fourth-order valence-electron chi connectivity index (χ4n) is 2.61. The van der Waals surface area contributed by atoms with E-state index in [1.165, 1.54) is 44.9 Å². The third-order valence-electron chi connectivity index (χ3n) is 3.94. The van der Waals surface area contributed by atoms with Gasteiger partial charge in [0.15, 0.2) is 0 Å². The first-order valence-electron chi connectivity index (χ1n) is 7.88. The topological polar surface area (TPSA) is 12.0 Å². The second-order valence-corrected chi connectivity index (χ2v) is 5.76. The van der Waals surface area contributed by atoms with E-state index in [0.717, 1.165) is 24.4 Å². The molecule has 0 amide bonds. The Morgan fingerprint density at radius 1 is 0.882 bits per heavy atom. The predicted octanol–water partition coefficient (Wildman–Crippen LogP) is 5.01. The molecule has 0 saturated heterocycles. The summed E-state index contributed by atoms with van der Waals surface area (Å²) in [6.07, 6.45) is 9.77. The maximum atomic E-state index is 3.62. The van der Waals surface area contributed by atoms with Crippen LogP contribution in [0.15, 0.2) is 0 Å². The molecule has 0 aliphatic rings. The lowest BCUT2D eigenvalue weighted by Gasteiger charge is -2.23. The van der Waals surface area contributed by atoms with Crippen LogP contribution in [0.5, 0.6) is 0 Å². The van der Waals surface area contributed by atoms with Crippen molar-refractivity contribution in [3.8, 4) is 0 Å². The molecule has 0 aliphatic heterocycles. The number of hydrogen-bond donors (Lipinski definition) is 1. The van der Waals surface area contributed by atoms with Gasteiger partial charge >= 0.3 is 0 Å². The minimum atomic E-state index is 0.726. The molecule has 0 aromatic rings. The Morgan fingerprint density at radius 2 is 1.53 bits per heavy atom.